The zero-order valence-electron chi connectivity index (χ0n) is 23.7. The van der Waals surface area contributed by atoms with Crippen LogP contribution in [0, 0.1) is 11.3 Å². The zero-order chi connectivity index (χ0) is 29.9. The molecule has 0 spiro atoms. The third-order valence-electron chi connectivity index (χ3n) is 8.01. The molecule has 2 aliphatic rings. The molecule has 2 heterocycles. The normalized spacial score (nSPS) is 16.7. The van der Waals surface area contributed by atoms with Crippen LogP contribution in [0.25, 0.3) is 23.0 Å². The maximum atomic E-state index is 13.8. The van der Waals surface area contributed by atoms with Crippen LogP contribution in [0.5, 0.6) is 5.75 Å². The van der Waals surface area contributed by atoms with Crippen molar-refractivity contribution in [3.63, 3.8) is 0 Å². The lowest BCUT2D eigenvalue weighted by Crippen LogP contribution is -2.47. The van der Waals surface area contributed by atoms with E-state index >= 15 is 0 Å². The number of imide groups is 1. The smallest absolute Gasteiger partial charge is 0.271 e. The van der Waals surface area contributed by atoms with Crippen molar-refractivity contribution in [3.8, 4) is 28.8 Å². The van der Waals surface area contributed by atoms with Gasteiger partial charge in [-0.25, -0.2) is 4.68 Å². The van der Waals surface area contributed by atoms with Crippen LogP contribution in [0.4, 0.5) is 0 Å². The summed E-state index contributed by atoms with van der Waals surface area (Å²) in [6.07, 6.45) is 7.04. The Bertz CT molecular complexity index is 1790. The molecule has 43 heavy (non-hydrogen) atoms. The number of ether oxygens (including phenoxy) is 1. The number of para-hydroxylation sites is 1. The molecule has 7 nitrogen and oxygen atoms in total. The predicted octanol–water partition coefficient (Wildman–Crippen LogP) is 7.31. The molecule has 0 unspecified atom stereocenters. The van der Waals surface area contributed by atoms with E-state index in [1.165, 1.54) is 4.90 Å². The molecule has 0 N–H and O–H groups in total. The minimum Gasteiger partial charge on any atom is -0.489 e. The number of carbonyl (C=O) groups excluding carboxylic acids is 2. The van der Waals surface area contributed by atoms with Crippen molar-refractivity contribution < 1.29 is 14.3 Å². The second kappa shape index (κ2) is 12.1. The number of carbonyl (C=O) groups is 2. The Kier molecular flexibility index (Phi) is 7.95. The largest absolute Gasteiger partial charge is 0.489 e. The SMILES string of the molecule is CC1=C(C#N)C(=O)N(C2CCCC2)C(=O)/C1=C/c1cn(-c2ccccc2)nc1-c1ccc(OCc2ccccc2Cl)cc1. The first kappa shape index (κ1) is 28.2. The molecule has 1 aromatic heterocycles. The lowest BCUT2D eigenvalue weighted by molar-refractivity contribution is -0.143. The fourth-order valence-corrected chi connectivity index (χ4v) is 5.86. The quantitative estimate of drug-likeness (QED) is 0.167. The second-order valence-corrected chi connectivity index (χ2v) is 11.1. The van der Waals surface area contributed by atoms with Gasteiger partial charge in [-0.2, -0.15) is 10.4 Å². The van der Waals surface area contributed by atoms with E-state index in [1.807, 2.05) is 85.1 Å². The zero-order valence-corrected chi connectivity index (χ0v) is 24.4. The van der Waals surface area contributed by atoms with Gasteiger partial charge in [0.05, 0.1) is 11.4 Å². The molecule has 6 rings (SSSR count). The Morgan fingerprint density at radius 3 is 2.37 bits per heavy atom. The molecule has 2 amide bonds. The van der Waals surface area contributed by atoms with Crippen LogP contribution >= 0.6 is 11.6 Å². The van der Waals surface area contributed by atoms with Crippen LogP contribution in [-0.2, 0) is 16.2 Å². The van der Waals surface area contributed by atoms with Gasteiger partial charge in [0, 0.05) is 39.5 Å². The number of nitriles is 1. The first-order valence-electron chi connectivity index (χ1n) is 14.3. The fourth-order valence-electron chi connectivity index (χ4n) is 5.67. The molecular formula is C35H29ClN4O3. The molecule has 0 radical (unpaired) electrons. The van der Waals surface area contributed by atoms with Gasteiger partial charge in [-0.1, -0.05) is 60.8 Å². The molecule has 1 saturated carbocycles. The lowest BCUT2D eigenvalue weighted by Gasteiger charge is -2.32. The van der Waals surface area contributed by atoms with Crippen molar-refractivity contribution in [3.05, 3.63) is 118 Å². The van der Waals surface area contributed by atoms with Gasteiger partial charge in [0.15, 0.2) is 0 Å². The summed E-state index contributed by atoms with van der Waals surface area (Å²) in [6.45, 7) is 2.00. The Morgan fingerprint density at radius 1 is 0.977 bits per heavy atom. The molecule has 214 valence electrons. The summed E-state index contributed by atoms with van der Waals surface area (Å²) in [7, 11) is 0. The molecule has 1 aliphatic heterocycles. The Morgan fingerprint density at radius 2 is 1.67 bits per heavy atom. The van der Waals surface area contributed by atoms with Crippen LogP contribution in [0.15, 0.2) is 102 Å². The van der Waals surface area contributed by atoms with E-state index in [0.717, 1.165) is 42.5 Å². The minimum atomic E-state index is -0.498. The van der Waals surface area contributed by atoms with Crippen LogP contribution in [0.3, 0.4) is 0 Å². The molecule has 1 aliphatic carbocycles. The summed E-state index contributed by atoms with van der Waals surface area (Å²) in [5.41, 5.74) is 4.63. The van der Waals surface area contributed by atoms with Crippen molar-refractivity contribution in [2.75, 3.05) is 0 Å². The Hall–Kier alpha value is -4.93. The summed E-state index contributed by atoms with van der Waals surface area (Å²) < 4.78 is 7.74. The molecule has 4 aromatic rings. The van der Waals surface area contributed by atoms with E-state index in [9.17, 15) is 14.9 Å². The van der Waals surface area contributed by atoms with E-state index < -0.39 is 5.91 Å². The average molecular weight is 589 g/mol. The van der Waals surface area contributed by atoms with Crippen LogP contribution < -0.4 is 4.74 Å². The standard InChI is InChI=1S/C35H29ClN4O3/c1-23-30(34(41)40(28-12-6-7-13-28)35(42)31(23)20-37)19-26-21-39(27-10-3-2-4-11-27)38-33(26)24-15-17-29(18-16-24)43-22-25-9-5-8-14-32(25)36/h2-5,8-11,14-19,21,28H,6-7,12-13,22H2,1H3/b30-19+. The predicted molar refractivity (Wildman–Crippen MR) is 165 cm³/mol. The van der Waals surface area contributed by atoms with Gasteiger partial charge in [0.2, 0.25) is 0 Å². The molecule has 8 heteroatoms. The summed E-state index contributed by atoms with van der Waals surface area (Å²) in [4.78, 5) is 28.3. The number of benzene rings is 3. The van der Waals surface area contributed by atoms with E-state index in [0.29, 0.717) is 39.8 Å². The summed E-state index contributed by atoms with van der Waals surface area (Å²) in [5, 5.41) is 15.4. The Labute approximate surface area is 255 Å². The molecule has 1 fully saturated rings. The van der Waals surface area contributed by atoms with Gasteiger partial charge in [0.25, 0.3) is 11.8 Å². The molecule has 0 atom stereocenters. The van der Waals surface area contributed by atoms with Crippen molar-refractivity contribution in [1.29, 1.82) is 5.26 Å². The van der Waals surface area contributed by atoms with Gasteiger partial charge < -0.3 is 4.74 Å². The van der Waals surface area contributed by atoms with E-state index in [4.69, 9.17) is 21.4 Å². The minimum absolute atomic E-state index is 0.00905. The highest BCUT2D eigenvalue weighted by Gasteiger charge is 2.40. The first-order chi connectivity index (χ1) is 20.9. The number of rotatable bonds is 7. The monoisotopic (exact) mass is 588 g/mol. The first-order valence-corrected chi connectivity index (χ1v) is 14.6. The van der Waals surface area contributed by atoms with E-state index in [1.54, 1.807) is 17.7 Å². The highest BCUT2D eigenvalue weighted by Crippen LogP contribution is 2.35. The summed E-state index contributed by atoms with van der Waals surface area (Å²) >= 11 is 6.28. The number of aromatic nitrogens is 2. The van der Waals surface area contributed by atoms with Crippen molar-refractivity contribution >= 4 is 29.5 Å². The summed E-state index contributed by atoms with van der Waals surface area (Å²) in [5.74, 6) is -0.187. The number of hydrogen-bond acceptors (Lipinski definition) is 5. The number of hydrogen-bond donors (Lipinski definition) is 0. The molecule has 3 aromatic carbocycles. The van der Waals surface area contributed by atoms with E-state index in [2.05, 4.69) is 6.07 Å². The second-order valence-electron chi connectivity index (χ2n) is 10.7. The van der Waals surface area contributed by atoms with Crippen LogP contribution in [-0.4, -0.2) is 32.5 Å². The van der Waals surface area contributed by atoms with Gasteiger partial charge in [-0.3, -0.25) is 14.5 Å². The molecular weight excluding hydrogens is 560 g/mol. The van der Waals surface area contributed by atoms with Crippen molar-refractivity contribution in [1.82, 2.24) is 14.7 Å². The number of halogens is 1. The van der Waals surface area contributed by atoms with Gasteiger partial charge in [-0.15, -0.1) is 0 Å². The molecule has 0 saturated heterocycles. The van der Waals surface area contributed by atoms with Crippen molar-refractivity contribution in [2.45, 2.75) is 45.3 Å². The van der Waals surface area contributed by atoms with Gasteiger partial charge in [-0.05, 0) is 73.9 Å². The van der Waals surface area contributed by atoms with E-state index in [-0.39, 0.29) is 17.5 Å². The average Bonchev–Trinajstić information content (AvgIpc) is 3.71. The topological polar surface area (TPSA) is 88.2 Å². The molecule has 0 bridgehead atoms. The number of nitrogens with zero attached hydrogens (tertiary/aromatic N) is 4. The van der Waals surface area contributed by atoms with Crippen LogP contribution in [0.1, 0.15) is 43.7 Å². The van der Waals surface area contributed by atoms with Gasteiger partial charge >= 0.3 is 0 Å². The summed E-state index contributed by atoms with van der Waals surface area (Å²) in [6, 6.07) is 26.7. The maximum Gasteiger partial charge on any atom is 0.271 e. The third-order valence-corrected chi connectivity index (χ3v) is 8.37. The van der Waals surface area contributed by atoms with Crippen LogP contribution in [0.2, 0.25) is 5.02 Å². The van der Waals surface area contributed by atoms with Crippen molar-refractivity contribution in [2.24, 2.45) is 0 Å². The highest BCUT2D eigenvalue weighted by atomic mass is 35.5. The Balaban J connectivity index is 1.39. The third kappa shape index (κ3) is 5.62. The maximum absolute atomic E-state index is 13.8. The van der Waals surface area contributed by atoms with Gasteiger partial charge in [0.1, 0.15) is 24.0 Å². The fraction of sp³-hybridized carbons (Fsp3) is 0.200. The lowest BCUT2D eigenvalue weighted by atomic mass is 9.92. The number of amides is 2. The highest BCUT2D eigenvalue weighted by molar-refractivity contribution is 6.31.